The molecule has 0 radical (unpaired) electrons. The van der Waals surface area contributed by atoms with Gasteiger partial charge in [-0.3, -0.25) is 4.79 Å². The highest BCUT2D eigenvalue weighted by Gasteiger charge is 2.15. The molecule has 2 aromatic rings. The molecule has 0 aliphatic rings. The molecule has 2 aromatic heterocycles. The fraction of sp³-hybridized carbons (Fsp3) is 0.308. The lowest BCUT2D eigenvalue weighted by Gasteiger charge is -2.09. The third-order valence-electron chi connectivity index (χ3n) is 2.65. The average molecular weight is 326 g/mol. The zero-order chi connectivity index (χ0) is 15.1. The van der Waals surface area contributed by atoms with Crippen LogP contribution in [-0.2, 0) is 15.3 Å². The summed E-state index contributed by atoms with van der Waals surface area (Å²) >= 11 is 3.11. The first-order chi connectivity index (χ1) is 10.2. The number of amides is 1. The van der Waals surface area contributed by atoms with Crippen molar-refractivity contribution < 1.29 is 19.1 Å². The molecular formula is C13H14N2O4S2. The van der Waals surface area contributed by atoms with E-state index in [9.17, 15) is 9.59 Å². The predicted molar refractivity (Wildman–Crippen MR) is 81.2 cm³/mol. The van der Waals surface area contributed by atoms with Crippen LogP contribution in [0.2, 0.25) is 0 Å². The standard InChI is InChI=1S/C13H14N2O4S2/c16-8-14-10(13(17)18)3-5-20-7-9-6-19-12(15-9)11-2-1-4-21-11/h1-2,4,6,8,10H,3,5,7H2,(H,14,16)(H,17,18). The molecule has 0 aliphatic carbocycles. The first-order valence-corrected chi connectivity index (χ1v) is 8.22. The van der Waals surface area contributed by atoms with Gasteiger partial charge in [-0.1, -0.05) is 6.07 Å². The number of oxazole rings is 1. The molecule has 21 heavy (non-hydrogen) atoms. The number of carbonyl (C=O) groups is 2. The van der Waals surface area contributed by atoms with Gasteiger partial charge in [-0.05, 0) is 23.6 Å². The van der Waals surface area contributed by atoms with Gasteiger partial charge in [-0.2, -0.15) is 11.8 Å². The summed E-state index contributed by atoms with van der Waals surface area (Å²) in [4.78, 5) is 26.5. The van der Waals surface area contributed by atoms with Crippen molar-refractivity contribution in [1.82, 2.24) is 10.3 Å². The number of hydrogen-bond acceptors (Lipinski definition) is 6. The van der Waals surface area contributed by atoms with Crippen molar-refractivity contribution in [1.29, 1.82) is 0 Å². The zero-order valence-corrected chi connectivity index (χ0v) is 12.7. The molecule has 112 valence electrons. The molecule has 2 rings (SSSR count). The highest BCUT2D eigenvalue weighted by Crippen LogP contribution is 2.25. The second-order valence-electron chi connectivity index (χ2n) is 4.14. The highest BCUT2D eigenvalue weighted by atomic mass is 32.2. The van der Waals surface area contributed by atoms with E-state index in [1.54, 1.807) is 29.4 Å². The summed E-state index contributed by atoms with van der Waals surface area (Å²) in [5, 5.41) is 13.1. The summed E-state index contributed by atoms with van der Waals surface area (Å²) < 4.78 is 5.40. The van der Waals surface area contributed by atoms with Crippen LogP contribution >= 0.6 is 23.1 Å². The van der Waals surface area contributed by atoms with Crippen LogP contribution in [0.25, 0.3) is 10.8 Å². The van der Waals surface area contributed by atoms with Crippen LogP contribution < -0.4 is 5.32 Å². The molecule has 0 spiro atoms. The van der Waals surface area contributed by atoms with Crippen LogP contribution in [0.5, 0.6) is 0 Å². The van der Waals surface area contributed by atoms with E-state index in [1.165, 1.54) is 0 Å². The Hall–Kier alpha value is -1.80. The molecule has 0 aromatic carbocycles. The fourth-order valence-electron chi connectivity index (χ4n) is 1.62. The highest BCUT2D eigenvalue weighted by molar-refractivity contribution is 7.98. The minimum atomic E-state index is -1.02. The monoisotopic (exact) mass is 326 g/mol. The van der Waals surface area contributed by atoms with Crippen molar-refractivity contribution in [2.24, 2.45) is 0 Å². The second kappa shape index (κ2) is 7.84. The lowest BCUT2D eigenvalue weighted by molar-refractivity contribution is -0.140. The van der Waals surface area contributed by atoms with Crippen molar-refractivity contribution >= 4 is 35.5 Å². The number of aliphatic carboxylic acids is 1. The number of hydrogen-bond donors (Lipinski definition) is 2. The molecule has 2 heterocycles. The van der Waals surface area contributed by atoms with Gasteiger partial charge in [0.15, 0.2) is 0 Å². The van der Waals surface area contributed by atoms with Gasteiger partial charge in [0.1, 0.15) is 12.3 Å². The van der Waals surface area contributed by atoms with E-state index >= 15 is 0 Å². The number of thioether (sulfide) groups is 1. The van der Waals surface area contributed by atoms with Gasteiger partial charge in [-0.25, -0.2) is 9.78 Å². The Morgan fingerprint density at radius 1 is 1.62 bits per heavy atom. The molecule has 0 saturated heterocycles. The van der Waals surface area contributed by atoms with E-state index in [2.05, 4.69) is 10.3 Å². The van der Waals surface area contributed by atoms with Gasteiger partial charge < -0.3 is 14.8 Å². The lowest BCUT2D eigenvalue weighted by atomic mass is 10.2. The molecule has 0 fully saturated rings. The normalized spacial score (nSPS) is 12.0. The number of aromatic nitrogens is 1. The zero-order valence-electron chi connectivity index (χ0n) is 11.0. The fourth-order valence-corrected chi connectivity index (χ4v) is 3.17. The Morgan fingerprint density at radius 3 is 3.14 bits per heavy atom. The molecule has 8 heteroatoms. The molecule has 1 atom stereocenters. The van der Waals surface area contributed by atoms with E-state index in [0.29, 0.717) is 30.2 Å². The Bertz CT molecular complexity index is 583. The van der Waals surface area contributed by atoms with E-state index in [4.69, 9.17) is 9.52 Å². The molecule has 0 aliphatic heterocycles. The van der Waals surface area contributed by atoms with E-state index in [-0.39, 0.29) is 0 Å². The van der Waals surface area contributed by atoms with Crippen LogP contribution in [0.15, 0.2) is 28.2 Å². The van der Waals surface area contributed by atoms with Gasteiger partial charge in [0.25, 0.3) is 0 Å². The third kappa shape index (κ3) is 4.61. The first-order valence-electron chi connectivity index (χ1n) is 6.19. The van der Waals surface area contributed by atoms with Gasteiger partial charge in [0.2, 0.25) is 12.3 Å². The minimum absolute atomic E-state index is 0.369. The first kappa shape index (κ1) is 15.6. The van der Waals surface area contributed by atoms with Crippen LogP contribution in [0.1, 0.15) is 12.1 Å². The maximum atomic E-state index is 10.8. The topological polar surface area (TPSA) is 92.4 Å². The number of nitrogens with zero attached hydrogens (tertiary/aromatic N) is 1. The average Bonchev–Trinajstić information content (AvgIpc) is 3.12. The number of thiophene rings is 1. The minimum Gasteiger partial charge on any atom is -0.480 e. The molecule has 0 bridgehead atoms. The summed E-state index contributed by atoms with van der Waals surface area (Å²) in [6.45, 7) is 0. The summed E-state index contributed by atoms with van der Waals surface area (Å²) in [6.07, 6.45) is 2.39. The Balaban J connectivity index is 1.76. The van der Waals surface area contributed by atoms with Crippen molar-refractivity contribution in [2.75, 3.05) is 5.75 Å². The predicted octanol–water partition coefficient (Wildman–Crippen LogP) is 2.23. The summed E-state index contributed by atoms with van der Waals surface area (Å²) in [7, 11) is 0. The van der Waals surface area contributed by atoms with E-state index < -0.39 is 12.0 Å². The number of carboxylic acid groups (broad SMARTS) is 1. The molecule has 2 N–H and O–H groups in total. The van der Waals surface area contributed by atoms with Crippen LogP contribution in [0.4, 0.5) is 0 Å². The number of carbonyl (C=O) groups excluding carboxylic acids is 1. The van der Waals surface area contributed by atoms with Crippen molar-refractivity contribution in [3.8, 4) is 10.8 Å². The quantitative estimate of drug-likeness (QED) is 0.542. The number of nitrogens with one attached hydrogen (secondary N) is 1. The molecular weight excluding hydrogens is 312 g/mol. The molecule has 6 nitrogen and oxygen atoms in total. The van der Waals surface area contributed by atoms with Crippen molar-refractivity contribution in [3.05, 3.63) is 29.5 Å². The molecule has 1 unspecified atom stereocenters. The summed E-state index contributed by atoms with van der Waals surface area (Å²) in [6, 6.07) is 3.04. The molecule has 0 saturated carbocycles. The SMILES string of the molecule is O=CNC(CCSCc1coc(-c2cccs2)n1)C(=O)O. The van der Waals surface area contributed by atoms with E-state index in [0.717, 1.165) is 10.6 Å². The van der Waals surface area contributed by atoms with Gasteiger partial charge in [0.05, 0.1) is 10.6 Å². The van der Waals surface area contributed by atoms with Crippen molar-refractivity contribution in [3.63, 3.8) is 0 Å². The second-order valence-corrected chi connectivity index (χ2v) is 6.19. The maximum absolute atomic E-state index is 10.8. The largest absolute Gasteiger partial charge is 0.480 e. The number of carboxylic acids is 1. The summed E-state index contributed by atoms with van der Waals surface area (Å²) in [5.41, 5.74) is 0.818. The van der Waals surface area contributed by atoms with Gasteiger partial charge >= 0.3 is 5.97 Å². The number of rotatable bonds is 9. The Morgan fingerprint density at radius 2 is 2.48 bits per heavy atom. The van der Waals surface area contributed by atoms with E-state index in [1.807, 2.05) is 17.5 Å². The smallest absolute Gasteiger partial charge is 0.326 e. The summed E-state index contributed by atoms with van der Waals surface area (Å²) in [5.74, 6) is 0.831. The lowest BCUT2D eigenvalue weighted by Crippen LogP contribution is -2.36. The van der Waals surface area contributed by atoms with Crippen LogP contribution in [0, 0.1) is 0 Å². The van der Waals surface area contributed by atoms with Crippen LogP contribution in [0.3, 0.4) is 0 Å². The maximum Gasteiger partial charge on any atom is 0.326 e. The van der Waals surface area contributed by atoms with Gasteiger partial charge in [0, 0.05) is 5.75 Å². The van der Waals surface area contributed by atoms with Gasteiger partial charge in [-0.15, -0.1) is 11.3 Å². The van der Waals surface area contributed by atoms with Crippen molar-refractivity contribution in [2.45, 2.75) is 18.2 Å². The Labute approximate surface area is 129 Å². The van der Waals surface area contributed by atoms with Crippen LogP contribution in [-0.4, -0.2) is 34.3 Å². The third-order valence-corrected chi connectivity index (χ3v) is 4.53. The molecule has 1 amide bonds. The Kier molecular flexibility index (Phi) is 5.82.